The summed E-state index contributed by atoms with van der Waals surface area (Å²) >= 11 is 1.63. The third-order valence-electron chi connectivity index (χ3n) is 3.36. The number of aryl methyl sites for hydroxylation is 1. The van der Waals surface area contributed by atoms with Gasteiger partial charge in [-0.2, -0.15) is 5.10 Å². The van der Waals surface area contributed by atoms with Gasteiger partial charge in [-0.25, -0.2) is 0 Å². The molecule has 1 amide bonds. The van der Waals surface area contributed by atoms with E-state index in [0.29, 0.717) is 5.69 Å². The molecule has 0 unspecified atom stereocenters. The molecular formula is C16H23N3O2S. The Bertz CT molecular complexity index is 617. The molecule has 6 heteroatoms. The predicted molar refractivity (Wildman–Crippen MR) is 89.1 cm³/mol. The molecule has 120 valence electrons. The van der Waals surface area contributed by atoms with Gasteiger partial charge >= 0.3 is 0 Å². The summed E-state index contributed by atoms with van der Waals surface area (Å²) in [5.74, 6) is -0.257. The minimum atomic E-state index is -0.659. The molecule has 0 saturated carbocycles. The van der Waals surface area contributed by atoms with E-state index in [-0.39, 0.29) is 12.5 Å². The van der Waals surface area contributed by atoms with E-state index in [1.54, 1.807) is 25.2 Å². The van der Waals surface area contributed by atoms with Gasteiger partial charge in [0.1, 0.15) is 0 Å². The minimum Gasteiger partial charge on any atom is -0.394 e. The predicted octanol–water partition coefficient (Wildman–Crippen LogP) is 2.91. The van der Waals surface area contributed by atoms with E-state index in [4.69, 9.17) is 0 Å². The number of unbranched alkanes of at least 4 members (excludes halogenated alkanes) is 1. The maximum Gasteiger partial charge on any atom is 0.272 e. The Balaban J connectivity index is 2.28. The van der Waals surface area contributed by atoms with Gasteiger partial charge in [0.15, 0.2) is 5.69 Å². The summed E-state index contributed by atoms with van der Waals surface area (Å²) in [5, 5.41) is 18.5. The number of aliphatic hydroxyl groups excluding tert-OH is 1. The number of hydrogen-bond donors (Lipinski definition) is 2. The molecule has 0 aliphatic carbocycles. The quantitative estimate of drug-likeness (QED) is 0.824. The average molecular weight is 321 g/mol. The second kappa shape index (κ2) is 7.07. The van der Waals surface area contributed by atoms with Gasteiger partial charge in [0, 0.05) is 6.54 Å². The lowest BCUT2D eigenvalue weighted by atomic mass is 10.1. The summed E-state index contributed by atoms with van der Waals surface area (Å²) in [6.45, 7) is 6.36. The van der Waals surface area contributed by atoms with E-state index in [9.17, 15) is 9.90 Å². The molecule has 0 aliphatic heterocycles. The number of thiophene rings is 1. The van der Waals surface area contributed by atoms with Crippen LogP contribution in [0.15, 0.2) is 23.6 Å². The number of nitrogens with zero attached hydrogens (tertiary/aromatic N) is 2. The molecule has 0 fully saturated rings. The number of amides is 1. The van der Waals surface area contributed by atoms with E-state index in [1.165, 1.54) is 0 Å². The Morgan fingerprint density at radius 2 is 2.27 bits per heavy atom. The fourth-order valence-corrected chi connectivity index (χ4v) is 2.79. The molecule has 2 N–H and O–H groups in total. The van der Waals surface area contributed by atoms with Crippen LogP contribution in [0.1, 0.15) is 44.1 Å². The van der Waals surface area contributed by atoms with E-state index in [0.717, 1.165) is 30.0 Å². The molecule has 0 bridgehead atoms. The van der Waals surface area contributed by atoms with Crippen LogP contribution in [0.3, 0.4) is 0 Å². The van der Waals surface area contributed by atoms with Crippen LogP contribution in [-0.4, -0.2) is 32.9 Å². The first kappa shape index (κ1) is 16.7. The van der Waals surface area contributed by atoms with Crippen LogP contribution >= 0.6 is 11.3 Å². The Morgan fingerprint density at radius 3 is 2.86 bits per heavy atom. The molecule has 22 heavy (non-hydrogen) atoms. The molecule has 0 atom stereocenters. The SMILES string of the molecule is CCCCn1nc(C(=O)NC(C)(C)CO)cc1-c1cccs1. The van der Waals surface area contributed by atoms with Crippen molar-refractivity contribution in [3.63, 3.8) is 0 Å². The van der Waals surface area contributed by atoms with E-state index < -0.39 is 5.54 Å². The third kappa shape index (κ3) is 3.96. The summed E-state index contributed by atoms with van der Waals surface area (Å²) in [4.78, 5) is 13.4. The molecular weight excluding hydrogens is 298 g/mol. The van der Waals surface area contributed by atoms with E-state index >= 15 is 0 Å². The van der Waals surface area contributed by atoms with Crippen molar-refractivity contribution in [1.29, 1.82) is 0 Å². The zero-order valence-electron chi connectivity index (χ0n) is 13.3. The van der Waals surface area contributed by atoms with Crippen molar-refractivity contribution in [1.82, 2.24) is 15.1 Å². The molecule has 2 heterocycles. The zero-order valence-corrected chi connectivity index (χ0v) is 14.1. The standard InChI is InChI=1S/C16H23N3O2S/c1-4-5-8-19-13(14-7-6-9-22-14)10-12(18-19)15(21)17-16(2,3)11-20/h6-7,9-10,20H,4-5,8,11H2,1-3H3,(H,17,21). The second-order valence-corrected chi connectivity index (χ2v) is 6.91. The first-order valence-electron chi connectivity index (χ1n) is 7.52. The normalized spacial score (nSPS) is 11.6. The van der Waals surface area contributed by atoms with Gasteiger partial charge in [-0.15, -0.1) is 11.3 Å². The van der Waals surface area contributed by atoms with Crippen LogP contribution in [0.4, 0.5) is 0 Å². The van der Waals surface area contributed by atoms with E-state index in [2.05, 4.69) is 17.3 Å². The highest BCUT2D eigenvalue weighted by Gasteiger charge is 2.23. The molecule has 0 aromatic carbocycles. The van der Waals surface area contributed by atoms with Gasteiger partial charge in [-0.05, 0) is 37.8 Å². The largest absolute Gasteiger partial charge is 0.394 e. The first-order valence-corrected chi connectivity index (χ1v) is 8.40. The summed E-state index contributed by atoms with van der Waals surface area (Å²) in [6, 6.07) is 5.85. The smallest absolute Gasteiger partial charge is 0.272 e. The molecule has 2 aromatic rings. The summed E-state index contributed by atoms with van der Waals surface area (Å²) < 4.78 is 1.90. The van der Waals surface area contributed by atoms with Gasteiger partial charge < -0.3 is 10.4 Å². The van der Waals surface area contributed by atoms with Gasteiger partial charge in [-0.3, -0.25) is 9.48 Å². The molecule has 2 aromatic heterocycles. The van der Waals surface area contributed by atoms with Crippen molar-refractivity contribution >= 4 is 17.2 Å². The maximum atomic E-state index is 12.3. The first-order chi connectivity index (χ1) is 10.5. The zero-order chi connectivity index (χ0) is 16.2. The van der Waals surface area contributed by atoms with Crippen molar-refractivity contribution < 1.29 is 9.90 Å². The Morgan fingerprint density at radius 1 is 1.50 bits per heavy atom. The number of nitrogens with one attached hydrogen (secondary N) is 1. The number of carbonyl (C=O) groups is 1. The summed E-state index contributed by atoms with van der Waals surface area (Å²) in [7, 11) is 0. The average Bonchev–Trinajstić information content (AvgIpc) is 3.13. The highest BCUT2D eigenvalue weighted by Crippen LogP contribution is 2.26. The molecule has 2 rings (SSSR count). The van der Waals surface area contributed by atoms with Crippen LogP contribution in [0.5, 0.6) is 0 Å². The number of aliphatic hydroxyl groups is 1. The lowest BCUT2D eigenvalue weighted by Gasteiger charge is -2.22. The van der Waals surface area contributed by atoms with Crippen LogP contribution in [-0.2, 0) is 6.54 Å². The lowest BCUT2D eigenvalue weighted by molar-refractivity contribution is 0.0863. The fraction of sp³-hybridized carbons (Fsp3) is 0.500. The summed E-state index contributed by atoms with van der Waals surface area (Å²) in [5.41, 5.74) is 0.698. The van der Waals surface area contributed by atoms with Gasteiger partial charge in [0.05, 0.1) is 22.7 Å². The number of hydrogen-bond acceptors (Lipinski definition) is 4. The van der Waals surface area contributed by atoms with Crippen LogP contribution < -0.4 is 5.32 Å². The molecule has 0 spiro atoms. The van der Waals surface area contributed by atoms with Gasteiger partial charge in [0.25, 0.3) is 5.91 Å². The van der Waals surface area contributed by atoms with Crippen LogP contribution in [0.25, 0.3) is 10.6 Å². The highest BCUT2D eigenvalue weighted by molar-refractivity contribution is 7.13. The minimum absolute atomic E-state index is 0.118. The monoisotopic (exact) mass is 321 g/mol. The van der Waals surface area contributed by atoms with Crippen molar-refractivity contribution in [2.45, 2.75) is 45.7 Å². The Hall–Kier alpha value is -1.66. The van der Waals surface area contributed by atoms with Gasteiger partial charge in [0.2, 0.25) is 0 Å². The Labute approximate surface area is 135 Å². The molecule has 0 saturated heterocycles. The number of carbonyl (C=O) groups excluding carboxylic acids is 1. The highest BCUT2D eigenvalue weighted by atomic mass is 32.1. The summed E-state index contributed by atoms with van der Waals surface area (Å²) in [6.07, 6.45) is 2.09. The van der Waals surface area contributed by atoms with Gasteiger partial charge in [-0.1, -0.05) is 19.4 Å². The third-order valence-corrected chi connectivity index (χ3v) is 4.25. The van der Waals surface area contributed by atoms with Crippen molar-refractivity contribution in [3.05, 3.63) is 29.3 Å². The molecule has 5 nitrogen and oxygen atoms in total. The fourth-order valence-electron chi connectivity index (χ4n) is 2.04. The van der Waals surface area contributed by atoms with Crippen molar-refractivity contribution in [2.24, 2.45) is 0 Å². The van der Waals surface area contributed by atoms with Crippen LogP contribution in [0.2, 0.25) is 0 Å². The number of aromatic nitrogens is 2. The van der Waals surface area contributed by atoms with Crippen molar-refractivity contribution in [3.8, 4) is 10.6 Å². The van der Waals surface area contributed by atoms with Crippen LogP contribution in [0, 0.1) is 0 Å². The maximum absolute atomic E-state index is 12.3. The number of rotatable bonds is 7. The Kier molecular flexibility index (Phi) is 5.37. The second-order valence-electron chi connectivity index (χ2n) is 5.96. The molecule has 0 radical (unpaired) electrons. The topological polar surface area (TPSA) is 67.2 Å². The van der Waals surface area contributed by atoms with Crippen molar-refractivity contribution in [2.75, 3.05) is 6.61 Å². The lowest BCUT2D eigenvalue weighted by Crippen LogP contribution is -2.46. The van der Waals surface area contributed by atoms with E-state index in [1.807, 2.05) is 28.3 Å². The molecule has 0 aliphatic rings.